The van der Waals surface area contributed by atoms with Crippen molar-refractivity contribution in [1.82, 2.24) is 10.2 Å². The first-order chi connectivity index (χ1) is 13.0. The summed E-state index contributed by atoms with van der Waals surface area (Å²) < 4.78 is 13.2. The minimum Gasteiger partial charge on any atom is -0.354 e. The van der Waals surface area contributed by atoms with Gasteiger partial charge in [-0.05, 0) is 43.0 Å². The van der Waals surface area contributed by atoms with Crippen molar-refractivity contribution in [3.8, 4) is 0 Å². The largest absolute Gasteiger partial charge is 0.354 e. The molecular formula is C22H27FN2O2. The summed E-state index contributed by atoms with van der Waals surface area (Å²) in [5, 5.41) is 2.84. The lowest BCUT2D eigenvalue weighted by atomic mass is 10.1. The average molecular weight is 370 g/mol. The molecule has 0 aliphatic carbocycles. The van der Waals surface area contributed by atoms with Gasteiger partial charge >= 0.3 is 0 Å². The highest BCUT2D eigenvalue weighted by atomic mass is 19.1. The number of hydrogen-bond acceptors (Lipinski definition) is 2. The monoisotopic (exact) mass is 370 g/mol. The van der Waals surface area contributed by atoms with Crippen LogP contribution in [0.1, 0.15) is 37.8 Å². The molecule has 5 heteroatoms. The third-order valence-electron chi connectivity index (χ3n) is 4.45. The number of carbonyl (C=O) groups excluding carboxylic acids is 2. The minimum absolute atomic E-state index is 0.0951. The number of nitrogens with one attached hydrogen (secondary N) is 1. The van der Waals surface area contributed by atoms with Crippen molar-refractivity contribution in [2.45, 2.75) is 45.7 Å². The summed E-state index contributed by atoms with van der Waals surface area (Å²) in [6.07, 6.45) is 1.76. The second-order valence-corrected chi connectivity index (χ2v) is 6.60. The smallest absolute Gasteiger partial charge is 0.242 e. The molecule has 0 aliphatic heterocycles. The fourth-order valence-electron chi connectivity index (χ4n) is 2.80. The number of benzene rings is 2. The predicted octanol–water partition coefficient (Wildman–Crippen LogP) is 3.70. The molecule has 4 nitrogen and oxygen atoms in total. The predicted molar refractivity (Wildman–Crippen MR) is 104 cm³/mol. The molecule has 0 fully saturated rings. The maximum atomic E-state index is 13.2. The number of nitrogens with zero attached hydrogens (tertiary/aromatic N) is 1. The average Bonchev–Trinajstić information content (AvgIpc) is 2.70. The lowest BCUT2D eigenvalue weighted by molar-refractivity contribution is -0.140. The number of amides is 2. The van der Waals surface area contributed by atoms with Gasteiger partial charge < -0.3 is 10.2 Å². The van der Waals surface area contributed by atoms with E-state index in [1.54, 1.807) is 24.0 Å². The summed E-state index contributed by atoms with van der Waals surface area (Å²) in [5.41, 5.74) is 1.87. The van der Waals surface area contributed by atoms with Crippen molar-refractivity contribution in [2.24, 2.45) is 0 Å². The molecule has 144 valence electrons. The van der Waals surface area contributed by atoms with E-state index in [1.165, 1.54) is 12.1 Å². The van der Waals surface area contributed by atoms with Crippen LogP contribution in [0.4, 0.5) is 4.39 Å². The second kappa shape index (κ2) is 10.5. The number of carbonyl (C=O) groups is 2. The van der Waals surface area contributed by atoms with Crippen LogP contribution in [0.15, 0.2) is 54.6 Å². The Morgan fingerprint density at radius 1 is 1.04 bits per heavy atom. The van der Waals surface area contributed by atoms with Crippen LogP contribution in [-0.4, -0.2) is 29.3 Å². The van der Waals surface area contributed by atoms with Crippen molar-refractivity contribution >= 4 is 11.8 Å². The first-order valence-corrected chi connectivity index (χ1v) is 9.36. The summed E-state index contributed by atoms with van der Waals surface area (Å²) in [6, 6.07) is 15.2. The lowest BCUT2D eigenvalue weighted by Gasteiger charge is -2.29. The topological polar surface area (TPSA) is 49.4 Å². The van der Waals surface area contributed by atoms with Crippen molar-refractivity contribution < 1.29 is 14.0 Å². The fourth-order valence-corrected chi connectivity index (χ4v) is 2.80. The van der Waals surface area contributed by atoms with Crippen LogP contribution in [-0.2, 0) is 22.6 Å². The molecule has 0 bridgehead atoms. The van der Waals surface area contributed by atoms with Crippen molar-refractivity contribution in [3.63, 3.8) is 0 Å². The number of aryl methyl sites for hydroxylation is 1. The lowest BCUT2D eigenvalue weighted by Crippen LogP contribution is -2.47. The van der Waals surface area contributed by atoms with E-state index in [-0.39, 0.29) is 24.2 Å². The summed E-state index contributed by atoms with van der Waals surface area (Å²) >= 11 is 0. The number of rotatable bonds is 9. The van der Waals surface area contributed by atoms with E-state index in [0.717, 1.165) is 17.5 Å². The van der Waals surface area contributed by atoms with Gasteiger partial charge in [-0.2, -0.15) is 0 Å². The van der Waals surface area contributed by atoms with Gasteiger partial charge in [0.05, 0.1) is 0 Å². The Kier molecular flexibility index (Phi) is 7.99. The Morgan fingerprint density at radius 2 is 1.70 bits per heavy atom. The molecule has 0 saturated heterocycles. The van der Waals surface area contributed by atoms with E-state index in [4.69, 9.17) is 0 Å². The van der Waals surface area contributed by atoms with Crippen molar-refractivity contribution in [3.05, 3.63) is 71.5 Å². The molecule has 27 heavy (non-hydrogen) atoms. The maximum Gasteiger partial charge on any atom is 0.242 e. The zero-order chi connectivity index (χ0) is 19.6. The highest BCUT2D eigenvalue weighted by molar-refractivity contribution is 5.87. The molecule has 0 aliphatic rings. The molecule has 2 rings (SSSR count). The normalized spacial score (nSPS) is 11.7. The van der Waals surface area contributed by atoms with Crippen LogP contribution >= 0.6 is 0 Å². The summed E-state index contributed by atoms with van der Waals surface area (Å²) in [4.78, 5) is 26.9. The summed E-state index contributed by atoms with van der Waals surface area (Å²) in [6.45, 7) is 4.56. The number of hydrogen-bond donors (Lipinski definition) is 1. The number of halogens is 1. The van der Waals surface area contributed by atoms with E-state index < -0.39 is 6.04 Å². The van der Waals surface area contributed by atoms with E-state index in [1.807, 2.05) is 37.3 Å². The molecule has 1 N–H and O–H groups in total. The van der Waals surface area contributed by atoms with Crippen LogP contribution in [0, 0.1) is 5.82 Å². The Hall–Kier alpha value is -2.69. The summed E-state index contributed by atoms with van der Waals surface area (Å²) in [7, 11) is 0. The van der Waals surface area contributed by atoms with Crippen LogP contribution in [0.2, 0.25) is 0 Å². The van der Waals surface area contributed by atoms with E-state index >= 15 is 0 Å². The Morgan fingerprint density at radius 3 is 2.33 bits per heavy atom. The molecule has 0 spiro atoms. The van der Waals surface area contributed by atoms with Gasteiger partial charge in [0, 0.05) is 19.5 Å². The highest BCUT2D eigenvalue weighted by Gasteiger charge is 2.25. The first kappa shape index (κ1) is 20.6. The molecular weight excluding hydrogens is 343 g/mol. The molecule has 0 radical (unpaired) electrons. The van der Waals surface area contributed by atoms with E-state index in [0.29, 0.717) is 19.4 Å². The molecule has 2 amide bonds. The molecule has 1 unspecified atom stereocenters. The molecule has 0 heterocycles. The van der Waals surface area contributed by atoms with Gasteiger partial charge in [-0.3, -0.25) is 9.59 Å². The Bertz CT molecular complexity index is 732. The molecule has 0 saturated carbocycles. The van der Waals surface area contributed by atoms with Gasteiger partial charge in [-0.1, -0.05) is 49.4 Å². The van der Waals surface area contributed by atoms with Crippen LogP contribution in [0.3, 0.4) is 0 Å². The van der Waals surface area contributed by atoms with Gasteiger partial charge in [0.2, 0.25) is 11.8 Å². The Labute approximate surface area is 160 Å². The zero-order valence-corrected chi connectivity index (χ0v) is 16.0. The quantitative estimate of drug-likeness (QED) is 0.732. The Balaban J connectivity index is 2.10. The second-order valence-electron chi connectivity index (χ2n) is 6.60. The molecule has 2 aromatic carbocycles. The van der Waals surface area contributed by atoms with E-state index in [2.05, 4.69) is 5.32 Å². The van der Waals surface area contributed by atoms with Crippen LogP contribution in [0.5, 0.6) is 0 Å². The van der Waals surface area contributed by atoms with Gasteiger partial charge in [-0.25, -0.2) is 4.39 Å². The van der Waals surface area contributed by atoms with Crippen molar-refractivity contribution in [1.29, 1.82) is 0 Å². The van der Waals surface area contributed by atoms with Crippen LogP contribution < -0.4 is 5.32 Å². The van der Waals surface area contributed by atoms with E-state index in [9.17, 15) is 14.0 Å². The SMILES string of the molecule is CCCNC(=O)C(C)N(Cc1ccc(F)cc1)C(=O)CCc1ccccc1. The first-order valence-electron chi connectivity index (χ1n) is 9.36. The van der Waals surface area contributed by atoms with Gasteiger partial charge in [-0.15, -0.1) is 0 Å². The van der Waals surface area contributed by atoms with Crippen molar-refractivity contribution in [2.75, 3.05) is 6.54 Å². The van der Waals surface area contributed by atoms with Gasteiger partial charge in [0.25, 0.3) is 0 Å². The molecule has 0 aromatic heterocycles. The summed E-state index contributed by atoms with van der Waals surface area (Å²) in [5.74, 6) is -0.594. The zero-order valence-electron chi connectivity index (χ0n) is 16.0. The standard InChI is InChI=1S/C22H27FN2O2/c1-3-15-24-22(27)17(2)25(16-19-9-12-20(23)13-10-19)21(26)14-11-18-7-5-4-6-8-18/h4-10,12-13,17H,3,11,14-16H2,1-2H3,(H,24,27). The fraction of sp³-hybridized carbons (Fsp3) is 0.364. The molecule has 1 atom stereocenters. The van der Waals surface area contributed by atoms with Gasteiger partial charge in [0.15, 0.2) is 0 Å². The highest BCUT2D eigenvalue weighted by Crippen LogP contribution is 2.13. The van der Waals surface area contributed by atoms with Gasteiger partial charge in [0.1, 0.15) is 11.9 Å². The third-order valence-corrected chi connectivity index (χ3v) is 4.45. The minimum atomic E-state index is -0.593. The third kappa shape index (κ3) is 6.51. The molecule has 2 aromatic rings. The van der Waals surface area contributed by atoms with Crippen LogP contribution in [0.25, 0.3) is 0 Å². The maximum absolute atomic E-state index is 13.2.